The Kier molecular flexibility index (Phi) is 5.66. The van der Waals surface area contributed by atoms with Crippen LogP contribution in [-0.4, -0.2) is 42.1 Å². The molecule has 0 bridgehead atoms. The molecule has 0 aliphatic carbocycles. The molecular weight excluding hydrogens is 359 g/mol. The van der Waals surface area contributed by atoms with Crippen molar-refractivity contribution in [2.75, 3.05) is 36.4 Å². The van der Waals surface area contributed by atoms with Crippen molar-refractivity contribution in [1.29, 1.82) is 0 Å². The monoisotopic (exact) mass is 378 g/mol. The van der Waals surface area contributed by atoms with E-state index in [2.05, 4.69) is 22.1 Å². The van der Waals surface area contributed by atoms with Crippen LogP contribution in [0.2, 0.25) is 10.0 Å². The van der Waals surface area contributed by atoms with Gasteiger partial charge in [0.25, 0.3) is 0 Å². The van der Waals surface area contributed by atoms with E-state index in [1.807, 2.05) is 29.2 Å². The molecule has 132 valence electrons. The number of carbonyl (C=O) groups excluding carboxylic acids is 1. The Bertz CT molecular complexity index is 740. The zero-order valence-corrected chi connectivity index (χ0v) is 15.5. The van der Waals surface area contributed by atoms with E-state index in [0.717, 1.165) is 23.4 Å². The van der Waals surface area contributed by atoms with Crippen molar-refractivity contribution < 1.29 is 4.79 Å². The minimum atomic E-state index is -0.0764. The number of urea groups is 1. The first-order valence-electron chi connectivity index (χ1n) is 8.28. The Morgan fingerprint density at radius 2 is 1.76 bits per heavy atom. The molecule has 5 nitrogen and oxygen atoms in total. The zero-order valence-electron chi connectivity index (χ0n) is 14.0. The Morgan fingerprint density at radius 1 is 1.12 bits per heavy atom. The van der Waals surface area contributed by atoms with Crippen LogP contribution < -0.4 is 10.2 Å². The first-order chi connectivity index (χ1) is 12.1. The van der Waals surface area contributed by atoms with Crippen molar-refractivity contribution in [2.45, 2.75) is 13.3 Å². The van der Waals surface area contributed by atoms with Gasteiger partial charge in [-0.3, -0.25) is 4.98 Å². The topological polar surface area (TPSA) is 48.5 Å². The zero-order chi connectivity index (χ0) is 17.8. The van der Waals surface area contributed by atoms with Crippen molar-refractivity contribution in [3.8, 4) is 0 Å². The van der Waals surface area contributed by atoms with Crippen LogP contribution in [0, 0.1) is 0 Å². The van der Waals surface area contributed by atoms with Crippen LogP contribution in [0.5, 0.6) is 0 Å². The number of anilines is 2. The van der Waals surface area contributed by atoms with Crippen molar-refractivity contribution >= 4 is 40.6 Å². The highest BCUT2D eigenvalue weighted by Gasteiger charge is 2.24. The van der Waals surface area contributed by atoms with E-state index < -0.39 is 0 Å². The van der Waals surface area contributed by atoms with Crippen LogP contribution in [0.15, 0.2) is 36.7 Å². The van der Waals surface area contributed by atoms with Crippen LogP contribution in [-0.2, 0) is 6.42 Å². The number of halogens is 2. The molecule has 2 aromatic rings. The molecule has 0 saturated carbocycles. The first kappa shape index (κ1) is 17.8. The number of piperazine rings is 1. The average molecular weight is 379 g/mol. The van der Waals surface area contributed by atoms with Gasteiger partial charge in [0.15, 0.2) is 0 Å². The third-order valence-corrected chi connectivity index (χ3v) is 4.90. The van der Waals surface area contributed by atoms with E-state index in [4.69, 9.17) is 23.2 Å². The van der Waals surface area contributed by atoms with E-state index in [1.165, 1.54) is 0 Å². The molecule has 1 aromatic heterocycles. The lowest BCUT2D eigenvalue weighted by atomic mass is 10.1. The van der Waals surface area contributed by atoms with E-state index in [1.54, 1.807) is 12.4 Å². The van der Waals surface area contributed by atoms with Crippen molar-refractivity contribution in [3.63, 3.8) is 0 Å². The second kappa shape index (κ2) is 7.93. The molecule has 1 aliphatic rings. The lowest BCUT2D eigenvalue weighted by Gasteiger charge is -2.36. The molecular formula is C18H20Cl2N4O. The fourth-order valence-corrected chi connectivity index (χ4v) is 3.59. The van der Waals surface area contributed by atoms with Crippen LogP contribution in [0.4, 0.5) is 16.2 Å². The maximum atomic E-state index is 12.5. The number of aryl methyl sites for hydroxylation is 1. The van der Waals surface area contributed by atoms with E-state index in [9.17, 15) is 4.79 Å². The minimum absolute atomic E-state index is 0.0764. The minimum Gasteiger partial charge on any atom is -0.365 e. The maximum absolute atomic E-state index is 12.5. The van der Waals surface area contributed by atoms with Gasteiger partial charge in [-0.15, -0.1) is 0 Å². The number of hydrogen-bond acceptors (Lipinski definition) is 3. The highest BCUT2D eigenvalue weighted by Crippen LogP contribution is 2.33. The lowest BCUT2D eigenvalue weighted by Crippen LogP contribution is -2.50. The summed E-state index contributed by atoms with van der Waals surface area (Å²) < 4.78 is 0. The van der Waals surface area contributed by atoms with Gasteiger partial charge in [-0.2, -0.15) is 0 Å². The number of para-hydroxylation sites is 1. The second-order valence-electron chi connectivity index (χ2n) is 5.87. The Labute approximate surface area is 157 Å². The van der Waals surface area contributed by atoms with Gasteiger partial charge >= 0.3 is 6.03 Å². The molecule has 0 radical (unpaired) electrons. The molecule has 1 saturated heterocycles. The highest BCUT2D eigenvalue weighted by molar-refractivity contribution is 6.38. The Balaban J connectivity index is 1.63. The maximum Gasteiger partial charge on any atom is 0.321 e. The third-order valence-electron chi connectivity index (χ3n) is 4.35. The van der Waals surface area contributed by atoms with Gasteiger partial charge < -0.3 is 15.1 Å². The van der Waals surface area contributed by atoms with Gasteiger partial charge in [0.2, 0.25) is 0 Å². The molecule has 1 N–H and O–H groups in total. The van der Waals surface area contributed by atoms with Gasteiger partial charge in [0.05, 0.1) is 15.7 Å². The number of benzene rings is 1. The lowest BCUT2D eigenvalue weighted by molar-refractivity contribution is 0.208. The number of nitrogens with one attached hydrogen (secondary N) is 1. The number of aromatic nitrogens is 1. The predicted molar refractivity (Wildman–Crippen MR) is 103 cm³/mol. The van der Waals surface area contributed by atoms with Gasteiger partial charge in [-0.1, -0.05) is 48.3 Å². The summed E-state index contributed by atoms with van der Waals surface area (Å²) in [7, 11) is 0. The standard InChI is InChI=1S/C18H20Cl2N4O/c1-2-13-5-3-4-6-16(13)22-18(25)24-9-7-23(8-10-24)17-14(19)11-21-12-15(17)20/h3-6,11-12H,2,7-10H2,1H3,(H,22,25). The number of hydrogen-bond donors (Lipinski definition) is 1. The molecule has 3 rings (SSSR count). The first-order valence-corrected chi connectivity index (χ1v) is 9.03. The number of carbonyl (C=O) groups is 1. The third kappa shape index (κ3) is 3.99. The summed E-state index contributed by atoms with van der Waals surface area (Å²) >= 11 is 12.4. The summed E-state index contributed by atoms with van der Waals surface area (Å²) in [6.07, 6.45) is 4.05. The fourth-order valence-electron chi connectivity index (χ4n) is 2.98. The van der Waals surface area contributed by atoms with E-state index >= 15 is 0 Å². The number of nitrogens with zero attached hydrogens (tertiary/aromatic N) is 3. The molecule has 2 heterocycles. The van der Waals surface area contributed by atoms with Crippen molar-refractivity contribution in [3.05, 3.63) is 52.3 Å². The molecule has 7 heteroatoms. The van der Waals surface area contributed by atoms with Crippen LogP contribution in [0.25, 0.3) is 0 Å². The summed E-state index contributed by atoms with van der Waals surface area (Å²) in [4.78, 5) is 20.4. The summed E-state index contributed by atoms with van der Waals surface area (Å²) in [6, 6.07) is 7.80. The van der Waals surface area contributed by atoms with Gasteiger partial charge in [-0.25, -0.2) is 4.79 Å². The molecule has 0 atom stereocenters. The summed E-state index contributed by atoms with van der Waals surface area (Å²) in [5, 5.41) is 4.07. The number of pyridine rings is 1. The Hall–Kier alpha value is -1.98. The molecule has 1 aromatic carbocycles. The second-order valence-corrected chi connectivity index (χ2v) is 6.68. The quantitative estimate of drug-likeness (QED) is 0.865. The summed E-state index contributed by atoms with van der Waals surface area (Å²) in [5.74, 6) is 0. The normalized spacial score (nSPS) is 14.5. The smallest absolute Gasteiger partial charge is 0.321 e. The van der Waals surface area contributed by atoms with Crippen LogP contribution >= 0.6 is 23.2 Å². The molecule has 2 amide bonds. The molecule has 0 spiro atoms. The molecule has 1 fully saturated rings. The van der Waals surface area contributed by atoms with Crippen LogP contribution in [0.1, 0.15) is 12.5 Å². The molecule has 25 heavy (non-hydrogen) atoms. The predicted octanol–water partition coefficient (Wildman–Crippen LogP) is 4.30. The highest BCUT2D eigenvalue weighted by atomic mass is 35.5. The number of rotatable bonds is 3. The van der Waals surface area contributed by atoms with Gasteiger partial charge in [0.1, 0.15) is 0 Å². The SMILES string of the molecule is CCc1ccccc1NC(=O)N1CCN(c2c(Cl)cncc2Cl)CC1. The number of amides is 2. The largest absolute Gasteiger partial charge is 0.365 e. The van der Waals surface area contributed by atoms with E-state index in [-0.39, 0.29) is 6.03 Å². The van der Waals surface area contributed by atoms with Crippen LogP contribution in [0.3, 0.4) is 0 Å². The summed E-state index contributed by atoms with van der Waals surface area (Å²) in [5.41, 5.74) is 2.79. The molecule has 1 aliphatic heterocycles. The Morgan fingerprint density at radius 3 is 2.40 bits per heavy atom. The average Bonchev–Trinajstić information content (AvgIpc) is 2.62. The fraction of sp³-hybridized carbons (Fsp3) is 0.333. The van der Waals surface area contributed by atoms with Gasteiger partial charge in [-0.05, 0) is 18.1 Å². The molecule has 0 unspecified atom stereocenters. The van der Waals surface area contributed by atoms with Crippen molar-refractivity contribution in [1.82, 2.24) is 9.88 Å². The van der Waals surface area contributed by atoms with Gasteiger partial charge in [0, 0.05) is 44.3 Å². The van der Waals surface area contributed by atoms with E-state index in [0.29, 0.717) is 36.2 Å². The van der Waals surface area contributed by atoms with Crippen molar-refractivity contribution in [2.24, 2.45) is 0 Å². The summed E-state index contributed by atoms with van der Waals surface area (Å²) in [6.45, 7) is 4.63.